The van der Waals surface area contributed by atoms with Crippen LogP contribution in [-0.2, 0) is 16.2 Å². The summed E-state index contributed by atoms with van der Waals surface area (Å²) in [6.07, 6.45) is 2.35. The molecule has 2 aliphatic heterocycles. The molecule has 7 aromatic rings. The highest BCUT2D eigenvalue weighted by atomic mass is 16.3. The largest absolute Gasteiger partial charge is 0.468 e. The van der Waals surface area contributed by atoms with Crippen LogP contribution in [0.4, 0.5) is 34.1 Å². The van der Waals surface area contributed by atoms with Crippen molar-refractivity contribution in [3.8, 4) is 0 Å². The molecule has 3 aliphatic rings. The summed E-state index contributed by atoms with van der Waals surface area (Å²) in [5.41, 5.74) is 18.5. The maximum atomic E-state index is 7.08. The maximum Gasteiger partial charge on any atom is 0.342 e. The summed E-state index contributed by atoms with van der Waals surface area (Å²) in [4.78, 5) is 4.93. The Balaban J connectivity index is 1.29. The lowest BCUT2D eigenvalue weighted by molar-refractivity contribution is 0.332. The van der Waals surface area contributed by atoms with Gasteiger partial charge in [-0.2, -0.15) is 0 Å². The van der Waals surface area contributed by atoms with Crippen molar-refractivity contribution in [2.45, 2.75) is 91.4 Å². The molecule has 0 amide bonds. The first-order valence-corrected chi connectivity index (χ1v) is 19.3. The van der Waals surface area contributed by atoms with Crippen LogP contribution < -0.4 is 26.6 Å². The Hall–Kier alpha value is -5.16. The Labute approximate surface area is 313 Å². The van der Waals surface area contributed by atoms with E-state index >= 15 is 0 Å². The van der Waals surface area contributed by atoms with Crippen molar-refractivity contribution in [1.82, 2.24) is 0 Å². The van der Waals surface area contributed by atoms with Gasteiger partial charge in [0.15, 0.2) is 0 Å². The molecule has 0 fully saturated rings. The summed E-state index contributed by atoms with van der Waals surface area (Å²) in [5.74, 6) is 0. The van der Waals surface area contributed by atoms with Crippen LogP contribution in [0.5, 0.6) is 0 Å². The monoisotopic (exact) mass is 694 g/mol. The zero-order chi connectivity index (χ0) is 36.8. The van der Waals surface area contributed by atoms with E-state index in [2.05, 4.69) is 169 Å². The fourth-order valence-corrected chi connectivity index (χ4v) is 9.50. The molecule has 0 radical (unpaired) electrons. The number of rotatable bonds is 2. The van der Waals surface area contributed by atoms with Crippen LogP contribution in [0.2, 0.25) is 0 Å². The first-order valence-electron chi connectivity index (χ1n) is 19.3. The summed E-state index contributed by atoms with van der Waals surface area (Å²) >= 11 is 0. The zero-order valence-corrected chi connectivity index (χ0v) is 32.4. The fourth-order valence-electron chi connectivity index (χ4n) is 9.50. The number of hydrogen-bond acceptors (Lipinski definition) is 4. The van der Waals surface area contributed by atoms with Crippen molar-refractivity contribution in [3.63, 3.8) is 0 Å². The Morgan fingerprint density at radius 2 is 1.09 bits per heavy atom. The molecule has 0 bridgehead atoms. The highest BCUT2D eigenvalue weighted by molar-refractivity contribution is 6.99. The van der Waals surface area contributed by atoms with Gasteiger partial charge < -0.3 is 18.6 Å². The lowest BCUT2D eigenvalue weighted by Crippen LogP contribution is -2.60. The average Bonchev–Trinajstić information content (AvgIpc) is 3.68. The Bertz CT molecular complexity index is 2650. The molecule has 0 saturated heterocycles. The first-order chi connectivity index (χ1) is 25.2. The molecule has 10 rings (SSSR count). The number of anilines is 6. The Morgan fingerprint density at radius 1 is 0.585 bits per heavy atom. The van der Waals surface area contributed by atoms with Crippen molar-refractivity contribution >= 4 is 79.6 Å². The van der Waals surface area contributed by atoms with Gasteiger partial charge in [0.1, 0.15) is 22.5 Å². The third-order valence-electron chi connectivity index (χ3n) is 12.6. The quantitative estimate of drug-likeness (QED) is 0.169. The zero-order valence-electron chi connectivity index (χ0n) is 32.4. The van der Waals surface area contributed by atoms with Crippen molar-refractivity contribution in [3.05, 3.63) is 125 Å². The van der Waals surface area contributed by atoms with Gasteiger partial charge >= 0.3 is 6.71 Å². The molecule has 5 heteroatoms. The second-order valence-corrected chi connectivity index (χ2v) is 18.2. The topological polar surface area (TPSA) is 32.8 Å². The van der Waals surface area contributed by atoms with Crippen molar-refractivity contribution < 1.29 is 8.83 Å². The summed E-state index contributed by atoms with van der Waals surface area (Å²) in [6, 6.07) is 36.3. The number of fused-ring (bicyclic) bond motifs is 9. The molecule has 0 saturated carbocycles. The third kappa shape index (κ3) is 4.62. The van der Waals surface area contributed by atoms with E-state index in [0.29, 0.717) is 0 Å². The molecular formula is C48H47BN2O2. The lowest BCUT2D eigenvalue weighted by atomic mass is 9.37. The molecule has 4 nitrogen and oxygen atoms in total. The molecule has 5 aromatic carbocycles. The molecule has 53 heavy (non-hydrogen) atoms. The minimum absolute atomic E-state index is 0.0528. The van der Waals surface area contributed by atoms with Gasteiger partial charge in [-0.25, -0.2) is 0 Å². The van der Waals surface area contributed by atoms with Crippen LogP contribution >= 0.6 is 0 Å². The van der Waals surface area contributed by atoms with Crippen molar-refractivity contribution in [2.75, 3.05) is 9.80 Å². The fraction of sp³-hybridized carbons (Fsp3) is 0.292. The number of nitrogens with zero attached hydrogens (tertiary/aromatic N) is 2. The first kappa shape index (κ1) is 32.5. The Kier molecular flexibility index (Phi) is 6.57. The standard InChI is InChI=1S/C48H47BN2O2/c1-28-13-21-39-33(25-28)42-44(52-39)49-41-37(50(42)31-17-15-30(16-18-31)46(3,4)5)11-10-12-38(41)51(43-34-26-29(2)14-22-40(34)53-45(43)49)32-19-20-35-36(27-32)48(8,9)24-23-47(35,6)7/h10-22,25-27H,23-24H2,1-9H3. The number of benzene rings is 5. The number of hydrogen-bond donors (Lipinski definition) is 0. The highest BCUT2D eigenvalue weighted by Gasteiger charge is 2.50. The van der Waals surface area contributed by atoms with Gasteiger partial charge in [-0.1, -0.05) is 96.0 Å². The summed E-state index contributed by atoms with van der Waals surface area (Å²) in [6.45, 7) is 20.6. The SMILES string of the molecule is Cc1ccc2oc3c(c2c1)N(c1ccc(C(C)(C)C)cc1)c1cccc2c1B3c1oc3ccc(C)cc3c1N2c1ccc2c(c1)C(C)(C)CCC2(C)C. The van der Waals surface area contributed by atoms with E-state index in [0.717, 1.165) is 68.1 Å². The van der Waals surface area contributed by atoms with Gasteiger partial charge in [0.2, 0.25) is 0 Å². The number of furan rings is 2. The average molecular weight is 695 g/mol. The van der Waals surface area contributed by atoms with E-state index in [-0.39, 0.29) is 23.0 Å². The van der Waals surface area contributed by atoms with Gasteiger partial charge in [-0.3, -0.25) is 0 Å². The van der Waals surface area contributed by atoms with E-state index in [1.165, 1.54) is 45.4 Å². The molecule has 0 unspecified atom stereocenters. The second kappa shape index (κ2) is 10.7. The second-order valence-electron chi connectivity index (χ2n) is 18.2. The lowest BCUT2D eigenvalue weighted by Gasteiger charge is -2.43. The molecule has 1 aliphatic carbocycles. The van der Waals surface area contributed by atoms with E-state index in [4.69, 9.17) is 8.83 Å². The van der Waals surface area contributed by atoms with Gasteiger partial charge in [-0.15, -0.1) is 0 Å². The van der Waals surface area contributed by atoms with Crippen molar-refractivity contribution in [1.29, 1.82) is 0 Å². The molecule has 0 N–H and O–H groups in total. The van der Waals surface area contributed by atoms with Gasteiger partial charge in [0.05, 0.1) is 11.4 Å². The normalized spacial score (nSPS) is 16.8. The smallest absolute Gasteiger partial charge is 0.342 e. The van der Waals surface area contributed by atoms with E-state index in [1.54, 1.807) is 0 Å². The number of aryl methyl sites for hydroxylation is 2. The predicted octanol–water partition coefficient (Wildman–Crippen LogP) is 11.5. The van der Waals surface area contributed by atoms with Crippen LogP contribution in [0.1, 0.15) is 89.1 Å². The predicted molar refractivity (Wildman–Crippen MR) is 223 cm³/mol. The van der Waals surface area contributed by atoms with Gasteiger partial charge in [0, 0.05) is 33.5 Å². The third-order valence-corrected chi connectivity index (χ3v) is 12.6. The Morgan fingerprint density at radius 3 is 1.64 bits per heavy atom. The highest BCUT2D eigenvalue weighted by Crippen LogP contribution is 2.51. The molecule has 4 heterocycles. The van der Waals surface area contributed by atoms with Crippen LogP contribution in [0.3, 0.4) is 0 Å². The van der Waals surface area contributed by atoms with E-state index < -0.39 is 0 Å². The van der Waals surface area contributed by atoms with Gasteiger partial charge in [-0.05, 0) is 126 Å². The van der Waals surface area contributed by atoms with E-state index in [9.17, 15) is 0 Å². The van der Waals surface area contributed by atoms with Crippen LogP contribution in [0.25, 0.3) is 21.9 Å². The molecule has 2 aromatic heterocycles. The minimum atomic E-state index is -0.221. The van der Waals surface area contributed by atoms with Gasteiger partial charge in [0.25, 0.3) is 0 Å². The summed E-state index contributed by atoms with van der Waals surface area (Å²) in [7, 11) is 0. The molecule has 0 spiro atoms. The molecule has 264 valence electrons. The minimum Gasteiger partial charge on any atom is -0.468 e. The van der Waals surface area contributed by atoms with E-state index in [1.807, 2.05) is 0 Å². The van der Waals surface area contributed by atoms with Crippen LogP contribution in [-0.4, -0.2) is 6.71 Å². The molecular weight excluding hydrogens is 647 g/mol. The summed E-state index contributed by atoms with van der Waals surface area (Å²) in [5, 5.41) is 2.24. The molecule has 0 atom stereocenters. The van der Waals surface area contributed by atoms with Crippen LogP contribution in [0.15, 0.2) is 106 Å². The van der Waals surface area contributed by atoms with Crippen LogP contribution in [0, 0.1) is 13.8 Å². The maximum absolute atomic E-state index is 7.08. The summed E-state index contributed by atoms with van der Waals surface area (Å²) < 4.78 is 14.1. The van der Waals surface area contributed by atoms with Crippen molar-refractivity contribution in [2.24, 2.45) is 0 Å².